The smallest absolute Gasteiger partial charge is 0.126 e. The zero-order chi connectivity index (χ0) is 12.1. The minimum absolute atomic E-state index is 0.115. The van der Waals surface area contributed by atoms with Gasteiger partial charge in [-0.15, -0.1) is 0 Å². The van der Waals surface area contributed by atoms with Crippen molar-refractivity contribution in [3.8, 4) is 0 Å². The van der Waals surface area contributed by atoms with Crippen molar-refractivity contribution in [2.75, 3.05) is 13.1 Å². The Labute approximate surface area is 95.9 Å². The summed E-state index contributed by atoms with van der Waals surface area (Å²) in [6.07, 6.45) is 0. The molecule has 0 fully saturated rings. The van der Waals surface area contributed by atoms with E-state index in [4.69, 9.17) is 0 Å². The van der Waals surface area contributed by atoms with Crippen molar-refractivity contribution < 1.29 is 8.78 Å². The maximum atomic E-state index is 13.0. The molecule has 0 bridgehead atoms. The highest BCUT2D eigenvalue weighted by Crippen LogP contribution is 2.17. The monoisotopic (exact) mass is 227 g/mol. The quantitative estimate of drug-likeness (QED) is 0.813. The zero-order valence-corrected chi connectivity index (χ0v) is 10.1. The molecule has 0 saturated heterocycles. The molecule has 1 nitrogen and oxygen atoms in total. The summed E-state index contributed by atoms with van der Waals surface area (Å²) in [6, 6.07) is 3.69. The van der Waals surface area contributed by atoms with Crippen LogP contribution in [0.5, 0.6) is 0 Å². The van der Waals surface area contributed by atoms with Crippen LogP contribution in [-0.2, 0) is 0 Å². The van der Waals surface area contributed by atoms with E-state index in [9.17, 15) is 8.78 Å². The summed E-state index contributed by atoms with van der Waals surface area (Å²) < 4.78 is 26.0. The molecule has 1 rings (SSSR count). The lowest BCUT2D eigenvalue weighted by Crippen LogP contribution is -2.24. The van der Waals surface area contributed by atoms with E-state index < -0.39 is 11.6 Å². The summed E-state index contributed by atoms with van der Waals surface area (Å²) in [5.74, 6) is -0.322. The van der Waals surface area contributed by atoms with E-state index in [1.807, 2.05) is 6.92 Å². The average molecular weight is 227 g/mol. The van der Waals surface area contributed by atoms with Crippen LogP contribution in [0.2, 0.25) is 0 Å². The van der Waals surface area contributed by atoms with Crippen molar-refractivity contribution >= 4 is 0 Å². The molecule has 0 amide bonds. The Balaban J connectivity index is 2.55. The molecule has 1 aromatic carbocycles. The van der Waals surface area contributed by atoms with Gasteiger partial charge in [0, 0.05) is 12.6 Å². The van der Waals surface area contributed by atoms with Crippen LogP contribution in [0.1, 0.15) is 32.3 Å². The fourth-order valence-electron chi connectivity index (χ4n) is 1.57. The van der Waals surface area contributed by atoms with Crippen LogP contribution in [0.4, 0.5) is 8.78 Å². The highest BCUT2D eigenvalue weighted by atomic mass is 19.1. The van der Waals surface area contributed by atoms with Crippen molar-refractivity contribution in [2.24, 2.45) is 5.92 Å². The lowest BCUT2D eigenvalue weighted by molar-refractivity contribution is 0.523. The first-order valence-corrected chi connectivity index (χ1v) is 5.65. The predicted octanol–water partition coefficient (Wildman–Crippen LogP) is 3.31. The maximum Gasteiger partial charge on any atom is 0.126 e. The summed E-state index contributed by atoms with van der Waals surface area (Å²) in [5, 5.41) is 3.28. The standard InChI is InChI=1S/C13H19F2N/c1-9(2)7-16-8-10(3)11-4-12(14)6-13(15)5-11/h4-6,9-10,16H,7-8H2,1-3H3. The SMILES string of the molecule is CC(C)CNCC(C)c1cc(F)cc(F)c1. The van der Waals surface area contributed by atoms with E-state index in [-0.39, 0.29) is 5.92 Å². The van der Waals surface area contributed by atoms with E-state index in [2.05, 4.69) is 19.2 Å². The van der Waals surface area contributed by atoms with Crippen molar-refractivity contribution in [2.45, 2.75) is 26.7 Å². The molecule has 1 aromatic rings. The zero-order valence-electron chi connectivity index (χ0n) is 10.1. The van der Waals surface area contributed by atoms with E-state index in [0.717, 1.165) is 19.2 Å². The van der Waals surface area contributed by atoms with Gasteiger partial charge < -0.3 is 5.32 Å². The van der Waals surface area contributed by atoms with Crippen LogP contribution >= 0.6 is 0 Å². The first-order valence-electron chi connectivity index (χ1n) is 5.65. The van der Waals surface area contributed by atoms with Gasteiger partial charge in [-0.2, -0.15) is 0 Å². The first-order chi connectivity index (χ1) is 7.49. The van der Waals surface area contributed by atoms with E-state index in [1.54, 1.807) is 0 Å². The molecule has 0 aliphatic heterocycles. The molecule has 3 heteroatoms. The van der Waals surface area contributed by atoms with Crippen molar-refractivity contribution in [1.82, 2.24) is 5.32 Å². The molecule has 0 saturated carbocycles. The minimum Gasteiger partial charge on any atom is -0.316 e. The summed E-state index contributed by atoms with van der Waals surface area (Å²) in [5.41, 5.74) is 0.703. The molecular formula is C13H19F2N. The third kappa shape index (κ3) is 4.27. The van der Waals surface area contributed by atoms with Crippen molar-refractivity contribution in [3.05, 3.63) is 35.4 Å². The minimum atomic E-state index is -0.509. The van der Waals surface area contributed by atoms with Gasteiger partial charge in [0.25, 0.3) is 0 Å². The summed E-state index contributed by atoms with van der Waals surface area (Å²) >= 11 is 0. The van der Waals surface area contributed by atoms with Gasteiger partial charge >= 0.3 is 0 Å². The van der Waals surface area contributed by atoms with Crippen molar-refractivity contribution in [1.29, 1.82) is 0 Å². The normalized spacial score (nSPS) is 13.1. The summed E-state index contributed by atoms with van der Waals surface area (Å²) in [7, 11) is 0. The lowest BCUT2D eigenvalue weighted by atomic mass is 10.0. The van der Waals surface area contributed by atoms with Gasteiger partial charge in [-0.25, -0.2) is 8.78 Å². The summed E-state index contributed by atoms with van der Waals surface area (Å²) in [6.45, 7) is 7.86. The number of halogens is 2. The van der Waals surface area contributed by atoms with Gasteiger partial charge in [-0.05, 0) is 36.1 Å². The van der Waals surface area contributed by atoms with E-state index >= 15 is 0 Å². The molecule has 0 aliphatic carbocycles. The van der Waals surface area contributed by atoms with E-state index in [0.29, 0.717) is 11.5 Å². The molecule has 0 aliphatic rings. The number of hydrogen-bond donors (Lipinski definition) is 1. The lowest BCUT2D eigenvalue weighted by Gasteiger charge is -2.14. The number of nitrogens with one attached hydrogen (secondary N) is 1. The second-order valence-electron chi connectivity index (χ2n) is 4.66. The van der Waals surface area contributed by atoms with Crippen LogP contribution < -0.4 is 5.32 Å². The van der Waals surface area contributed by atoms with Crippen LogP contribution in [0, 0.1) is 17.6 Å². The Hall–Kier alpha value is -0.960. The second-order valence-corrected chi connectivity index (χ2v) is 4.66. The van der Waals surface area contributed by atoms with Crippen LogP contribution in [0.3, 0.4) is 0 Å². The van der Waals surface area contributed by atoms with Crippen LogP contribution in [-0.4, -0.2) is 13.1 Å². The van der Waals surface area contributed by atoms with Gasteiger partial charge in [0.05, 0.1) is 0 Å². The molecule has 0 aromatic heterocycles. The topological polar surface area (TPSA) is 12.0 Å². The average Bonchev–Trinajstić information content (AvgIpc) is 2.15. The van der Waals surface area contributed by atoms with E-state index in [1.165, 1.54) is 12.1 Å². The second kappa shape index (κ2) is 5.94. The van der Waals surface area contributed by atoms with Gasteiger partial charge in [-0.1, -0.05) is 20.8 Å². The third-order valence-corrected chi connectivity index (χ3v) is 2.46. The fourth-order valence-corrected chi connectivity index (χ4v) is 1.57. The number of benzene rings is 1. The Bertz CT molecular complexity index is 316. The molecule has 0 heterocycles. The Morgan fingerprint density at radius 2 is 1.56 bits per heavy atom. The number of hydrogen-bond acceptors (Lipinski definition) is 1. The summed E-state index contributed by atoms with van der Waals surface area (Å²) in [4.78, 5) is 0. The largest absolute Gasteiger partial charge is 0.316 e. The molecule has 16 heavy (non-hydrogen) atoms. The Morgan fingerprint density at radius 3 is 2.06 bits per heavy atom. The number of rotatable bonds is 5. The molecular weight excluding hydrogens is 208 g/mol. The third-order valence-electron chi connectivity index (χ3n) is 2.46. The molecule has 90 valence electrons. The van der Waals surface area contributed by atoms with Gasteiger partial charge in [0.2, 0.25) is 0 Å². The molecule has 1 atom stereocenters. The predicted molar refractivity (Wildman–Crippen MR) is 62.5 cm³/mol. The van der Waals surface area contributed by atoms with Gasteiger partial charge in [-0.3, -0.25) is 0 Å². The molecule has 0 radical (unpaired) electrons. The maximum absolute atomic E-state index is 13.0. The molecule has 0 spiro atoms. The Kier molecular flexibility index (Phi) is 4.87. The van der Waals surface area contributed by atoms with Gasteiger partial charge in [0.1, 0.15) is 11.6 Å². The first kappa shape index (κ1) is 13.1. The highest BCUT2D eigenvalue weighted by molar-refractivity contribution is 5.21. The molecule has 1 unspecified atom stereocenters. The Morgan fingerprint density at radius 1 is 1.00 bits per heavy atom. The molecule has 1 N–H and O–H groups in total. The highest BCUT2D eigenvalue weighted by Gasteiger charge is 2.08. The fraction of sp³-hybridized carbons (Fsp3) is 0.538. The van der Waals surface area contributed by atoms with Crippen molar-refractivity contribution in [3.63, 3.8) is 0 Å². The van der Waals surface area contributed by atoms with Gasteiger partial charge in [0.15, 0.2) is 0 Å². The van der Waals surface area contributed by atoms with Crippen LogP contribution in [0.25, 0.3) is 0 Å². The van der Waals surface area contributed by atoms with Crippen LogP contribution in [0.15, 0.2) is 18.2 Å².